The molecule has 0 spiro atoms. The van der Waals surface area contributed by atoms with Crippen molar-refractivity contribution in [2.45, 2.75) is 0 Å². The van der Waals surface area contributed by atoms with Crippen molar-refractivity contribution in [1.29, 1.82) is 0 Å². The second-order valence-corrected chi connectivity index (χ2v) is 15.8. The minimum absolute atomic E-state index is 0.660. The van der Waals surface area contributed by atoms with Gasteiger partial charge in [0.1, 0.15) is 11.5 Å². The Kier molecular flexibility index (Phi) is 4.70. The summed E-state index contributed by atoms with van der Waals surface area (Å²) < 4.78 is 23.0. The summed E-state index contributed by atoms with van der Waals surface area (Å²) in [6, 6.07) is 53.5. The minimum atomic E-state index is -3.36. The summed E-state index contributed by atoms with van der Waals surface area (Å²) in [6.45, 7) is 0. The van der Waals surface area contributed by atoms with Gasteiger partial charge in [-0.1, -0.05) is 91.0 Å². The number of benzene rings is 9. The summed E-state index contributed by atoms with van der Waals surface area (Å²) in [5.41, 5.74) is 5.72. The van der Waals surface area contributed by atoms with E-state index in [2.05, 4.69) is 137 Å². The van der Waals surface area contributed by atoms with Gasteiger partial charge in [-0.05, 0) is 104 Å². The molecule has 228 valence electrons. The summed E-state index contributed by atoms with van der Waals surface area (Å²) in [6.07, 6.45) is 0. The first kappa shape index (κ1) is 25.9. The monoisotopic (exact) mass is 644 g/mol. The van der Waals surface area contributed by atoms with Crippen LogP contribution < -0.4 is 30.5 Å². The van der Waals surface area contributed by atoms with E-state index in [0.29, 0.717) is 11.5 Å². The van der Waals surface area contributed by atoms with E-state index in [4.69, 9.17) is 4.74 Å². The SMILES string of the molecule is O=P12c3c4cccc3N(c3ccc5ccccc5c3)c3cccc(c31)N(c1cc3ccc5cccc6ccc(c1)c3c56)c1cccc(c12)O4. The predicted octanol–water partition coefficient (Wildman–Crippen LogP) is 11.0. The maximum absolute atomic E-state index is 16.3. The van der Waals surface area contributed by atoms with Crippen LogP contribution >= 0.6 is 7.14 Å². The molecule has 5 heteroatoms. The molecule has 1 unspecified atom stereocenters. The molecule has 3 aliphatic rings. The van der Waals surface area contributed by atoms with Gasteiger partial charge in [0.25, 0.3) is 0 Å². The van der Waals surface area contributed by atoms with Crippen LogP contribution in [0.2, 0.25) is 0 Å². The third kappa shape index (κ3) is 3.14. The van der Waals surface area contributed by atoms with Gasteiger partial charge in [0, 0.05) is 11.4 Å². The topological polar surface area (TPSA) is 32.8 Å². The highest BCUT2D eigenvalue weighted by Gasteiger charge is 2.53. The van der Waals surface area contributed by atoms with Crippen molar-refractivity contribution in [2.24, 2.45) is 0 Å². The van der Waals surface area contributed by atoms with Crippen molar-refractivity contribution in [3.63, 3.8) is 0 Å². The van der Waals surface area contributed by atoms with Crippen molar-refractivity contribution in [1.82, 2.24) is 0 Å². The quantitative estimate of drug-likeness (QED) is 0.138. The van der Waals surface area contributed by atoms with E-state index in [1.54, 1.807) is 0 Å². The molecule has 49 heavy (non-hydrogen) atoms. The number of anilines is 6. The molecule has 3 heterocycles. The third-order valence-corrected chi connectivity index (χ3v) is 14.0. The lowest BCUT2D eigenvalue weighted by atomic mass is 9.93. The highest BCUT2D eigenvalue weighted by Crippen LogP contribution is 2.66. The molecule has 0 saturated heterocycles. The van der Waals surface area contributed by atoms with Gasteiger partial charge < -0.3 is 19.1 Å². The summed E-state index contributed by atoms with van der Waals surface area (Å²) in [5.74, 6) is 1.32. The van der Waals surface area contributed by atoms with E-state index in [9.17, 15) is 0 Å². The van der Waals surface area contributed by atoms with Crippen LogP contribution in [0.1, 0.15) is 0 Å². The van der Waals surface area contributed by atoms with E-state index < -0.39 is 7.14 Å². The molecule has 9 aromatic carbocycles. The fourth-order valence-electron chi connectivity index (χ4n) is 8.83. The predicted molar refractivity (Wildman–Crippen MR) is 204 cm³/mol. The lowest BCUT2D eigenvalue weighted by Gasteiger charge is -2.46. The molecular weight excluding hydrogens is 619 g/mol. The van der Waals surface area contributed by atoms with Crippen molar-refractivity contribution in [3.8, 4) is 11.5 Å². The molecule has 0 saturated carbocycles. The van der Waals surface area contributed by atoms with E-state index in [1.807, 2.05) is 24.3 Å². The molecule has 3 aliphatic heterocycles. The zero-order valence-electron chi connectivity index (χ0n) is 26.1. The maximum atomic E-state index is 16.3. The van der Waals surface area contributed by atoms with Gasteiger partial charge in [0.2, 0.25) is 0 Å². The standard InChI is InChI=1S/C44H25N2O2P/c47-49-42-34-11-4-12-35(42)46(33-24-30-19-17-27-9-3-10-28-18-20-31(25-33)41(30)40(27)28)37-14-6-16-39(44(37)49)48-38-15-5-13-36(43(38)49)45(34)32-22-21-26-7-1-2-8-29(26)23-32/h1-25H. The van der Waals surface area contributed by atoms with Crippen LogP contribution in [-0.4, -0.2) is 0 Å². The van der Waals surface area contributed by atoms with Crippen LogP contribution in [0.25, 0.3) is 43.1 Å². The highest BCUT2D eigenvalue weighted by molar-refractivity contribution is 7.87. The van der Waals surface area contributed by atoms with Crippen molar-refractivity contribution < 1.29 is 9.30 Å². The normalized spacial score (nSPS) is 16.8. The lowest BCUT2D eigenvalue weighted by molar-refractivity contribution is 0.485. The second kappa shape index (κ2) is 8.87. The van der Waals surface area contributed by atoms with E-state index in [-0.39, 0.29) is 0 Å². The average molecular weight is 645 g/mol. The molecular formula is C44H25N2O2P. The van der Waals surface area contributed by atoms with Crippen LogP contribution in [0.5, 0.6) is 11.5 Å². The molecule has 0 aromatic heterocycles. The Morgan fingerprint density at radius 3 is 1.49 bits per heavy atom. The first-order valence-corrected chi connectivity index (χ1v) is 18.3. The summed E-state index contributed by atoms with van der Waals surface area (Å²) >= 11 is 0. The van der Waals surface area contributed by atoms with Crippen LogP contribution in [-0.2, 0) is 4.57 Å². The number of ether oxygens (including phenoxy) is 1. The van der Waals surface area contributed by atoms with E-state index in [1.165, 1.54) is 37.7 Å². The fraction of sp³-hybridized carbons (Fsp3) is 0. The van der Waals surface area contributed by atoms with Crippen LogP contribution in [0.3, 0.4) is 0 Å². The van der Waals surface area contributed by atoms with Gasteiger partial charge in [-0.15, -0.1) is 0 Å². The Morgan fingerprint density at radius 2 is 0.837 bits per heavy atom. The molecule has 9 aromatic rings. The van der Waals surface area contributed by atoms with Gasteiger partial charge in [-0.2, -0.15) is 0 Å². The van der Waals surface area contributed by atoms with Gasteiger partial charge in [-0.3, -0.25) is 0 Å². The van der Waals surface area contributed by atoms with Gasteiger partial charge in [0.05, 0.1) is 38.7 Å². The number of nitrogens with zero attached hydrogens (tertiary/aromatic N) is 2. The highest BCUT2D eigenvalue weighted by atomic mass is 31.2. The van der Waals surface area contributed by atoms with Crippen molar-refractivity contribution >= 4 is 100 Å². The first-order chi connectivity index (χ1) is 24.2. The molecule has 4 nitrogen and oxygen atoms in total. The Bertz CT molecular complexity index is 2920. The second-order valence-electron chi connectivity index (χ2n) is 13.3. The fourth-order valence-corrected chi connectivity index (χ4v) is 12.4. The molecule has 0 bridgehead atoms. The number of fused-ring (bicyclic) bond motifs is 1. The molecule has 12 rings (SSSR count). The van der Waals surface area contributed by atoms with Crippen LogP contribution in [0.15, 0.2) is 152 Å². The Hall–Kier alpha value is -6.09. The van der Waals surface area contributed by atoms with Crippen molar-refractivity contribution in [3.05, 3.63) is 152 Å². The number of hydrogen-bond acceptors (Lipinski definition) is 4. The van der Waals surface area contributed by atoms with Gasteiger partial charge >= 0.3 is 0 Å². The van der Waals surface area contributed by atoms with E-state index in [0.717, 1.165) is 55.4 Å². The molecule has 0 radical (unpaired) electrons. The van der Waals surface area contributed by atoms with Crippen molar-refractivity contribution in [2.75, 3.05) is 9.80 Å². The molecule has 0 aliphatic carbocycles. The Morgan fingerprint density at radius 1 is 0.388 bits per heavy atom. The third-order valence-electron chi connectivity index (χ3n) is 10.8. The molecule has 0 amide bonds. The number of hydrogen-bond donors (Lipinski definition) is 0. The lowest BCUT2D eigenvalue weighted by Crippen LogP contribution is -2.45. The number of rotatable bonds is 2. The molecule has 0 N–H and O–H groups in total. The maximum Gasteiger partial charge on any atom is 0.186 e. The van der Waals surface area contributed by atoms with Crippen LogP contribution in [0.4, 0.5) is 34.1 Å². The summed E-state index contributed by atoms with van der Waals surface area (Å²) in [7, 11) is -3.36. The van der Waals surface area contributed by atoms with E-state index >= 15 is 4.57 Å². The summed E-state index contributed by atoms with van der Waals surface area (Å²) in [4.78, 5) is 4.59. The molecule has 1 atom stereocenters. The van der Waals surface area contributed by atoms with Crippen LogP contribution in [0, 0.1) is 0 Å². The average Bonchev–Trinajstić information content (AvgIpc) is 3.14. The minimum Gasteiger partial charge on any atom is -0.456 e. The van der Waals surface area contributed by atoms with Gasteiger partial charge in [0.15, 0.2) is 7.14 Å². The molecule has 0 fully saturated rings. The zero-order chi connectivity index (χ0) is 32.0. The largest absolute Gasteiger partial charge is 0.456 e. The van der Waals surface area contributed by atoms with Gasteiger partial charge in [-0.25, -0.2) is 0 Å². The smallest absolute Gasteiger partial charge is 0.186 e. The Balaban J connectivity index is 1.18. The summed E-state index contributed by atoms with van der Waals surface area (Å²) in [5, 5.41) is 12.2. The first-order valence-electron chi connectivity index (χ1n) is 16.6. The zero-order valence-corrected chi connectivity index (χ0v) is 27.0. The Labute approximate surface area is 281 Å².